The van der Waals surface area contributed by atoms with E-state index >= 15 is 0 Å². The minimum Gasteiger partial charge on any atom is -0.321 e. The molecule has 0 aliphatic heterocycles. The standard InChI is InChI=1S/C23H22ClN3O2/c1-2-3-4-17-7-11-21-18(13-17)14-19(23(29)26-21)15-25-27-22(28)12-8-16-5-9-20(24)10-6-16/h5-15H,2-4H2,1H3,(H,26,29)(H,27,28)/b12-8+,25-15-. The number of nitrogens with one attached hydrogen (secondary N) is 2. The van der Waals surface area contributed by atoms with E-state index in [4.69, 9.17) is 11.6 Å². The molecule has 2 N–H and O–H groups in total. The number of benzene rings is 2. The lowest BCUT2D eigenvalue weighted by Gasteiger charge is -2.04. The molecule has 0 bridgehead atoms. The Labute approximate surface area is 174 Å². The molecule has 1 aromatic heterocycles. The number of pyridine rings is 1. The maximum absolute atomic E-state index is 12.2. The summed E-state index contributed by atoms with van der Waals surface area (Å²) >= 11 is 5.83. The molecule has 29 heavy (non-hydrogen) atoms. The van der Waals surface area contributed by atoms with Crippen molar-refractivity contribution in [3.8, 4) is 0 Å². The molecule has 5 nitrogen and oxygen atoms in total. The van der Waals surface area contributed by atoms with Crippen LogP contribution in [0.1, 0.15) is 36.5 Å². The van der Waals surface area contributed by atoms with Crippen molar-refractivity contribution in [1.82, 2.24) is 10.4 Å². The minimum atomic E-state index is -0.393. The van der Waals surface area contributed by atoms with Crippen LogP contribution in [-0.2, 0) is 11.2 Å². The highest BCUT2D eigenvalue weighted by molar-refractivity contribution is 6.30. The summed E-state index contributed by atoms with van der Waals surface area (Å²) in [5, 5.41) is 5.46. The van der Waals surface area contributed by atoms with Gasteiger partial charge in [-0.25, -0.2) is 5.43 Å². The van der Waals surface area contributed by atoms with Crippen LogP contribution >= 0.6 is 11.6 Å². The van der Waals surface area contributed by atoms with E-state index in [2.05, 4.69) is 28.5 Å². The Morgan fingerprint density at radius 2 is 1.97 bits per heavy atom. The molecular formula is C23H22ClN3O2. The Morgan fingerprint density at radius 3 is 2.72 bits per heavy atom. The van der Waals surface area contributed by atoms with E-state index in [1.54, 1.807) is 36.4 Å². The first-order valence-corrected chi connectivity index (χ1v) is 9.85. The molecule has 3 aromatic rings. The molecule has 0 saturated heterocycles. The quantitative estimate of drug-likeness (QED) is 0.339. The van der Waals surface area contributed by atoms with Crippen molar-refractivity contribution in [3.05, 3.63) is 86.7 Å². The van der Waals surface area contributed by atoms with E-state index < -0.39 is 5.91 Å². The molecule has 1 amide bonds. The van der Waals surface area contributed by atoms with Crippen LogP contribution < -0.4 is 11.0 Å². The zero-order chi connectivity index (χ0) is 20.6. The number of aryl methyl sites for hydroxylation is 1. The van der Waals surface area contributed by atoms with Crippen molar-refractivity contribution >= 4 is 40.7 Å². The van der Waals surface area contributed by atoms with Gasteiger partial charge in [0.05, 0.1) is 11.8 Å². The van der Waals surface area contributed by atoms with Gasteiger partial charge in [-0.1, -0.05) is 43.1 Å². The molecule has 3 rings (SSSR count). The van der Waals surface area contributed by atoms with Crippen LogP contribution in [0, 0.1) is 0 Å². The van der Waals surface area contributed by atoms with E-state index in [1.807, 2.05) is 12.1 Å². The zero-order valence-corrected chi connectivity index (χ0v) is 16.9. The maximum Gasteiger partial charge on any atom is 0.264 e. The van der Waals surface area contributed by atoms with Crippen molar-refractivity contribution in [2.45, 2.75) is 26.2 Å². The number of halogens is 1. The van der Waals surface area contributed by atoms with E-state index in [-0.39, 0.29) is 5.56 Å². The third-order valence-electron chi connectivity index (χ3n) is 4.43. The zero-order valence-electron chi connectivity index (χ0n) is 16.1. The highest BCUT2D eigenvalue weighted by Crippen LogP contribution is 2.15. The van der Waals surface area contributed by atoms with Crippen molar-refractivity contribution in [3.63, 3.8) is 0 Å². The molecule has 1 heterocycles. The molecular weight excluding hydrogens is 386 g/mol. The molecule has 0 aliphatic rings. The van der Waals surface area contributed by atoms with Crippen LogP contribution in [0.3, 0.4) is 0 Å². The van der Waals surface area contributed by atoms with E-state index in [1.165, 1.54) is 17.9 Å². The molecule has 0 atom stereocenters. The monoisotopic (exact) mass is 407 g/mol. The molecule has 0 fully saturated rings. The number of hydrogen-bond donors (Lipinski definition) is 2. The Morgan fingerprint density at radius 1 is 1.17 bits per heavy atom. The van der Waals surface area contributed by atoms with Gasteiger partial charge in [-0.15, -0.1) is 0 Å². The van der Waals surface area contributed by atoms with Gasteiger partial charge in [-0.3, -0.25) is 9.59 Å². The fourth-order valence-electron chi connectivity index (χ4n) is 2.85. The van der Waals surface area contributed by atoms with Gasteiger partial charge < -0.3 is 4.98 Å². The number of carbonyl (C=O) groups is 1. The summed E-state index contributed by atoms with van der Waals surface area (Å²) in [4.78, 5) is 27.0. The van der Waals surface area contributed by atoms with E-state index in [0.717, 1.165) is 35.7 Å². The number of H-pyrrole nitrogens is 1. The first-order chi connectivity index (χ1) is 14.0. The van der Waals surface area contributed by atoms with Crippen LogP contribution in [0.25, 0.3) is 17.0 Å². The second kappa shape index (κ2) is 9.85. The van der Waals surface area contributed by atoms with Gasteiger partial charge in [0.15, 0.2) is 0 Å². The van der Waals surface area contributed by atoms with Crippen LogP contribution in [0.5, 0.6) is 0 Å². The maximum atomic E-state index is 12.2. The Kier molecular flexibility index (Phi) is 6.98. The number of carbonyl (C=O) groups excluding carboxylic acids is 1. The highest BCUT2D eigenvalue weighted by atomic mass is 35.5. The highest BCUT2D eigenvalue weighted by Gasteiger charge is 2.03. The number of hydrogen-bond acceptors (Lipinski definition) is 3. The van der Waals surface area contributed by atoms with Gasteiger partial charge in [0.1, 0.15) is 0 Å². The average Bonchev–Trinajstić information content (AvgIpc) is 2.72. The lowest BCUT2D eigenvalue weighted by atomic mass is 10.0. The van der Waals surface area contributed by atoms with Crippen LogP contribution in [0.4, 0.5) is 0 Å². The number of rotatable bonds is 7. The number of aromatic amines is 1. The van der Waals surface area contributed by atoms with Crippen molar-refractivity contribution in [1.29, 1.82) is 0 Å². The number of aromatic nitrogens is 1. The topological polar surface area (TPSA) is 74.3 Å². The Bertz CT molecular complexity index is 1120. The molecule has 2 aromatic carbocycles. The van der Waals surface area contributed by atoms with Gasteiger partial charge in [-0.05, 0) is 65.8 Å². The molecule has 148 valence electrons. The summed E-state index contributed by atoms with van der Waals surface area (Å²) in [7, 11) is 0. The predicted molar refractivity (Wildman–Crippen MR) is 119 cm³/mol. The second-order valence-electron chi connectivity index (χ2n) is 6.70. The van der Waals surface area contributed by atoms with Gasteiger partial charge in [0, 0.05) is 16.6 Å². The predicted octanol–water partition coefficient (Wildman–Crippen LogP) is 4.69. The number of amides is 1. The fourth-order valence-corrected chi connectivity index (χ4v) is 2.98. The van der Waals surface area contributed by atoms with E-state index in [0.29, 0.717) is 10.6 Å². The Balaban J connectivity index is 1.68. The van der Waals surface area contributed by atoms with Crippen LogP contribution in [0.15, 0.2) is 64.5 Å². The van der Waals surface area contributed by atoms with Gasteiger partial charge in [0.2, 0.25) is 0 Å². The number of nitrogens with zero attached hydrogens (tertiary/aromatic N) is 1. The van der Waals surface area contributed by atoms with Crippen LogP contribution in [0.2, 0.25) is 5.02 Å². The van der Waals surface area contributed by atoms with Crippen molar-refractivity contribution in [2.75, 3.05) is 0 Å². The third kappa shape index (κ3) is 5.90. The van der Waals surface area contributed by atoms with Gasteiger partial charge >= 0.3 is 0 Å². The number of unbranched alkanes of at least 4 members (excludes halogenated alkanes) is 1. The van der Waals surface area contributed by atoms with E-state index in [9.17, 15) is 9.59 Å². The van der Waals surface area contributed by atoms with Crippen LogP contribution in [-0.4, -0.2) is 17.1 Å². The smallest absolute Gasteiger partial charge is 0.264 e. The van der Waals surface area contributed by atoms with Crippen molar-refractivity contribution < 1.29 is 4.79 Å². The lowest BCUT2D eigenvalue weighted by Crippen LogP contribution is -2.17. The fraction of sp³-hybridized carbons (Fsp3) is 0.174. The normalized spacial score (nSPS) is 11.5. The molecule has 0 radical (unpaired) electrons. The Hall–Kier alpha value is -3.18. The summed E-state index contributed by atoms with van der Waals surface area (Å²) in [5.74, 6) is -0.393. The number of fused-ring (bicyclic) bond motifs is 1. The SMILES string of the molecule is CCCCc1ccc2[nH]c(=O)c(/C=N\NC(=O)/C=C/c3ccc(Cl)cc3)cc2c1. The number of hydrazone groups is 1. The molecule has 0 saturated carbocycles. The minimum absolute atomic E-state index is 0.256. The lowest BCUT2D eigenvalue weighted by molar-refractivity contribution is -0.116. The first-order valence-electron chi connectivity index (χ1n) is 9.48. The largest absolute Gasteiger partial charge is 0.321 e. The average molecular weight is 408 g/mol. The van der Waals surface area contributed by atoms with Gasteiger partial charge in [-0.2, -0.15) is 5.10 Å². The summed E-state index contributed by atoms with van der Waals surface area (Å²) in [6, 6.07) is 14.9. The summed E-state index contributed by atoms with van der Waals surface area (Å²) in [6.07, 6.45) is 7.63. The molecule has 0 unspecified atom stereocenters. The van der Waals surface area contributed by atoms with Crippen molar-refractivity contribution in [2.24, 2.45) is 5.10 Å². The van der Waals surface area contributed by atoms with Gasteiger partial charge in [0.25, 0.3) is 11.5 Å². The third-order valence-corrected chi connectivity index (χ3v) is 4.68. The molecule has 0 spiro atoms. The summed E-state index contributed by atoms with van der Waals surface area (Å²) < 4.78 is 0. The summed E-state index contributed by atoms with van der Waals surface area (Å²) in [5.41, 5.74) is 5.37. The molecule has 6 heteroatoms. The summed E-state index contributed by atoms with van der Waals surface area (Å²) in [6.45, 7) is 2.16. The first kappa shape index (κ1) is 20.6. The molecule has 0 aliphatic carbocycles. The second-order valence-corrected chi connectivity index (χ2v) is 7.13.